The Morgan fingerprint density at radius 1 is 1.02 bits per heavy atom. The van der Waals surface area contributed by atoms with Crippen LogP contribution in [0.1, 0.15) is 59.1 Å². The summed E-state index contributed by atoms with van der Waals surface area (Å²) in [5, 5.41) is 41.1. The number of aromatic nitrogens is 5. The molecule has 44 heavy (non-hydrogen) atoms. The highest BCUT2D eigenvalue weighted by Gasteiger charge is 2.40. The molecule has 1 aliphatic heterocycles. The molecule has 0 saturated carbocycles. The van der Waals surface area contributed by atoms with Crippen molar-refractivity contribution >= 4 is 29.5 Å². The number of amides is 1. The fraction of sp³-hybridized carbons (Fsp3) is 0.357. The van der Waals surface area contributed by atoms with Gasteiger partial charge in [-0.25, -0.2) is 14.3 Å². The summed E-state index contributed by atoms with van der Waals surface area (Å²) in [5.74, 6) is -4.35. The second-order valence-corrected chi connectivity index (χ2v) is 10.4. The third-order valence-corrected chi connectivity index (χ3v) is 7.14. The summed E-state index contributed by atoms with van der Waals surface area (Å²) in [7, 11) is 0. The number of aliphatic hydroxyl groups is 1. The number of piperidine rings is 1. The topological polar surface area (TPSA) is 242 Å². The predicted molar refractivity (Wildman–Crippen MR) is 150 cm³/mol. The minimum Gasteiger partial charge on any atom is -0.481 e. The number of aliphatic carboxylic acids is 3. The highest BCUT2D eigenvalue weighted by molar-refractivity contribution is 6.00. The van der Waals surface area contributed by atoms with Gasteiger partial charge >= 0.3 is 17.9 Å². The molecule has 16 nitrogen and oxygen atoms in total. The van der Waals surface area contributed by atoms with Crippen LogP contribution in [0.15, 0.2) is 46.0 Å². The van der Waals surface area contributed by atoms with E-state index in [1.807, 2.05) is 30.0 Å². The Bertz CT molecular complexity index is 1740. The minimum absolute atomic E-state index is 0.0748. The number of nitrogens with zero attached hydrogens (tertiary/aromatic N) is 5. The van der Waals surface area contributed by atoms with Crippen molar-refractivity contribution in [2.45, 2.75) is 51.0 Å². The molecule has 0 unspecified atom stereocenters. The molecule has 0 aliphatic carbocycles. The van der Waals surface area contributed by atoms with Crippen molar-refractivity contribution < 1.29 is 44.1 Å². The lowest BCUT2D eigenvalue weighted by molar-refractivity contribution is -0.170. The van der Waals surface area contributed by atoms with E-state index < -0.39 is 36.4 Å². The van der Waals surface area contributed by atoms with Crippen molar-refractivity contribution in [2.24, 2.45) is 0 Å². The van der Waals surface area contributed by atoms with Crippen LogP contribution in [-0.4, -0.2) is 92.6 Å². The summed E-state index contributed by atoms with van der Waals surface area (Å²) in [6.07, 6.45) is 2.63. The van der Waals surface area contributed by atoms with Crippen LogP contribution in [0.25, 0.3) is 16.9 Å². The molecule has 1 fully saturated rings. The van der Waals surface area contributed by atoms with Crippen LogP contribution in [0, 0.1) is 13.8 Å². The quantitative estimate of drug-likeness (QED) is 0.190. The molecule has 1 saturated heterocycles. The van der Waals surface area contributed by atoms with Gasteiger partial charge in [-0.15, -0.1) is 0 Å². The summed E-state index contributed by atoms with van der Waals surface area (Å²) in [6, 6.07) is 7.07. The van der Waals surface area contributed by atoms with Gasteiger partial charge in [-0.3, -0.25) is 29.3 Å². The van der Waals surface area contributed by atoms with E-state index in [0.29, 0.717) is 41.4 Å². The Morgan fingerprint density at radius 2 is 1.64 bits per heavy atom. The van der Waals surface area contributed by atoms with Crippen molar-refractivity contribution in [1.82, 2.24) is 29.6 Å². The first-order valence-corrected chi connectivity index (χ1v) is 13.4. The first-order chi connectivity index (χ1) is 20.8. The molecule has 0 atom stereocenters. The van der Waals surface area contributed by atoms with Crippen LogP contribution in [0.3, 0.4) is 0 Å². The van der Waals surface area contributed by atoms with Crippen LogP contribution in [-0.2, 0) is 14.4 Å². The molecule has 5 rings (SSSR count). The molecule has 4 aromatic heterocycles. The van der Waals surface area contributed by atoms with Crippen LogP contribution in [0.5, 0.6) is 0 Å². The fourth-order valence-corrected chi connectivity index (χ4v) is 4.93. The van der Waals surface area contributed by atoms with E-state index in [1.165, 1.54) is 10.6 Å². The van der Waals surface area contributed by atoms with E-state index in [9.17, 15) is 24.0 Å². The Kier molecular flexibility index (Phi) is 9.23. The van der Waals surface area contributed by atoms with Crippen LogP contribution in [0.4, 0.5) is 0 Å². The second-order valence-electron chi connectivity index (χ2n) is 10.4. The molecule has 0 spiro atoms. The van der Waals surface area contributed by atoms with Gasteiger partial charge in [-0.1, -0.05) is 5.16 Å². The molecule has 5 N–H and O–H groups in total. The number of pyridine rings is 1. The molecule has 0 bridgehead atoms. The van der Waals surface area contributed by atoms with Gasteiger partial charge in [-0.2, -0.15) is 0 Å². The number of carbonyl (C=O) groups excluding carboxylic acids is 1. The molecular weight excluding hydrogens is 580 g/mol. The summed E-state index contributed by atoms with van der Waals surface area (Å²) in [4.78, 5) is 66.2. The Labute approximate surface area is 248 Å². The van der Waals surface area contributed by atoms with Crippen molar-refractivity contribution in [3.63, 3.8) is 0 Å². The number of nitrogens with one attached hydrogen (secondary N) is 1. The lowest BCUT2D eigenvalue weighted by Gasteiger charge is -2.31. The number of carboxylic acids is 3. The van der Waals surface area contributed by atoms with E-state index in [0.717, 1.165) is 24.1 Å². The molecule has 5 heterocycles. The molecular formula is C28H30N6O10. The minimum atomic E-state index is -2.74. The van der Waals surface area contributed by atoms with Crippen LogP contribution < -0.4 is 5.56 Å². The van der Waals surface area contributed by atoms with Crippen molar-refractivity contribution in [3.05, 3.63) is 69.7 Å². The number of carboxylic acid groups (broad SMARTS) is 3. The van der Waals surface area contributed by atoms with E-state index >= 15 is 0 Å². The maximum absolute atomic E-state index is 13.3. The molecule has 1 aliphatic rings. The van der Waals surface area contributed by atoms with Crippen molar-refractivity contribution in [1.29, 1.82) is 0 Å². The van der Waals surface area contributed by atoms with Crippen LogP contribution in [0.2, 0.25) is 0 Å². The zero-order valence-corrected chi connectivity index (χ0v) is 23.8. The number of aryl methyl sites for hydroxylation is 2. The van der Waals surface area contributed by atoms with Crippen molar-refractivity contribution in [3.8, 4) is 11.3 Å². The Hall–Kier alpha value is -5.38. The van der Waals surface area contributed by atoms with Gasteiger partial charge in [0.2, 0.25) is 0 Å². The Balaban J connectivity index is 0.000000289. The number of likely N-dealkylation sites (tertiary alicyclic amines) is 1. The summed E-state index contributed by atoms with van der Waals surface area (Å²) < 4.78 is 6.82. The number of hydrogen-bond donors (Lipinski definition) is 5. The lowest BCUT2D eigenvalue weighted by Crippen LogP contribution is -2.42. The monoisotopic (exact) mass is 610 g/mol. The molecule has 0 aromatic carbocycles. The maximum Gasteiger partial charge on any atom is 0.336 e. The normalized spacial score (nSPS) is 13.8. The van der Waals surface area contributed by atoms with E-state index in [4.69, 9.17) is 24.9 Å². The van der Waals surface area contributed by atoms with Crippen LogP contribution >= 0.6 is 0 Å². The molecule has 0 radical (unpaired) electrons. The van der Waals surface area contributed by atoms with E-state index in [2.05, 4.69) is 20.2 Å². The molecule has 232 valence electrons. The highest BCUT2D eigenvalue weighted by Crippen LogP contribution is 2.31. The predicted octanol–water partition coefficient (Wildman–Crippen LogP) is 1.46. The van der Waals surface area contributed by atoms with E-state index in [-0.39, 0.29) is 17.4 Å². The number of fused-ring (bicyclic) bond motifs is 1. The largest absolute Gasteiger partial charge is 0.481 e. The zero-order chi connectivity index (χ0) is 32.2. The third kappa shape index (κ3) is 6.97. The lowest BCUT2D eigenvalue weighted by atomic mass is 9.93. The zero-order valence-electron chi connectivity index (χ0n) is 23.8. The van der Waals surface area contributed by atoms with Gasteiger partial charge in [0, 0.05) is 60.5 Å². The number of carbonyl (C=O) groups is 4. The Morgan fingerprint density at radius 3 is 2.20 bits per heavy atom. The van der Waals surface area contributed by atoms with Gasteiger partial charge in [0.05, 0.1) is 12.8 Å². The first kappa shape index (κ1) is 31.6. The number of hydrogen-bond acceptors (Lipinski definition) is 10. The number of H-pyrrole nitrogens is 1. The van der Waals surface area contributed by atoms with Gasteiger partial charge in [0.15, 0.2) is 11.2 Å². The second kappa shape index (κ2) is 12.9. The molecule has 4 aromatic rings. The highest BCUT2D eigenvalue weighted by atomic mass is 16.5. The smallest absolute Gasteiger partial charge is 0.336 e. The SMILES string of the molecule is Cc1cc(=O)n2[nH]c(C3CCN(C(=O)c4c(-c5ccncc5)noc4C)CC3)cc2n1.O=C(O)CC(O)(CC(=O)O)C(=O)O. The average molecular weight is 611 g/mol. The number of aromatic amines is 1. The van der Waals surface area contributed by atoms with Gasteiger partial charge < -0.3 is 29.8 Å². The first-order valence-electron chi connectivity index (χ1n) is 13.4. The van der Waals surface area contributed by atoms with Crippen molar-refractivity contribution in [2.75, 3.05) is 13.1 Å². The van der Waals surface area contributed by atoms with Gasteiger partial charge in [0.1, 0.15) is 17.0 Å². The number of rotatable bonds is 8. The van der Waals surface area contributed by atoms with Gasteiger partial charge in [0.25, 0.3) is 11.5 Å². The summed E-state index contributed by atoms with van der Waals surface area (Å²) in [5.41, 5.74) is 1.29. The standard InChI is InChI=1S/C22H22N6O3.C6H8O7/c1-13-11-19(29)28-18(24-13)12-17(25-28)15-5-9-27(10-6-15)22(30)20-14(2)31-26-21(20)16-3-7-23-8-4-16;7-3(8)1-6(13,5(11)12)2-4(9)10/h3-4,7-8,11-12,15,25H,5-6,9-10H2,1-2H3;13H,1-2H2,(H,7,8)(H,9,10)(H,11,12). The summed E-state index contributed by atoms with van der Waals surface area (Å²) in [6.45, 7) is 4.79. The molecule has 16 heteroatoms. The van der Waals surface area contributed by atoms with E-state index in [1.54, 1.807) is 19.3 Å². The average Bonchev–Trinajstić information content (AvgIpc) is 3.56. The molecule has 1 amide bonds. The fourth-order valence-electron chi connectivity index (χ4n) is 4.93. The maximum atomic E-state index is 13.3. The van der Waals surface area contributed by atoms with Gasteiger partial charge in [-0.05, 0) is 38.8 Å². The summed E-state index contributed by atoms with van der Waals surface area (Å²) >= 11 is 0. The third-order valence-electron chi connectivity index (χ3n) is 7.14.